The molecular weight excluding hydrogens is 332 g/mol. The lowest BCUT2D eigenvalue weighted by Crippen LogP contribution is -2.34. The molecule has 0 spiro atoms. The molecule has 0 radical (unpaired) electrons. The lowest BCUT2D eigenvalue weighted by molar-refractivity contribution is -0.116. The number of benzene rings is 2. The van der Waals surface area contributed by atoms with Gasteiger partial charge in [-0.05, 0) is 12.1 Å². The lowest BCUT2D eigenvalue weighted by atomic mass is 10.2. The fourth-order valence-corrected chi connectivity index (χ4v) is 2.49. The minimum atomic E-state index is -0.890. The van der Waals surface area contributed by atoms with Crippen molar-refractivity contribution in [3.63, 3.8) is 0 Å². The molecule has 0 aliphatic carbocycles. The number of nitrogens with one attached hydrogen (secondary N) is 1. The minimum Gasteiger partial charge on any atom is -0.365 e. The molecule has 0 aliphatic heterocycles. The smallest absolute Gasteiger partial charge is 0.267 e. The summed E-state index contributed by atoms with van der Waals surface area (Å²) in [6.45, 7) is -0.300. The Kier molecular flexibility index (Phi) is 4.89. The number of nitrogens with two attached hydrogens (primary N) is 1. The van der Waals surface area contributed by atoms with Crippen molar-refractivity contribution in [2.75, 3.05) is 5.32 Å². The molecule has 7 heteroatoms. The molecule has 3 N–H and O–H groups in total. The van der Waals surface area contributed by atoms with Crippen LogP contribution in [0.3, 0.4) is 0 Å². The van der Waals surface area contributed by atoms with Crippen molar-refractivity contribution in [1.82, 2.24) is 9.55 Å². The Bertz CT molecular complexity index is 998. The zero-order chi connectivity index (χ0) is 18.5. The van der Waals surface area contributed by atoms with Crippen molar-refractivity contribution in [2.24, 2.45) is 5.73 Å². The molecule has 0 aliphatic rings. The number of anilines is 1. The second-order valence-corrected chi connectivity index (χ2v) is 5.53. The molecular formula is C19H16N4O3. The standard InChI is InChI=1S/C19H16N4O3/c20-17(25)15-11-21-18(13-7-3-1-4-8-13)23(19(15)26)12-16(24)22-14-9-5-2-6-10-14/h1-11H,12H2,(H2,20,25)(H,22,24). The molecule has 0 bridgehead atoms. The fraction of sp³-hybridized carbons (Fsp3) is 0.0526. The second kappa shape index (κ2) is 7.43. The third kappa shape index (κ3) is 3.67. The van der Waals surface area contributed by atoms with Gasteiger partial charge in [0.05, 0.1) is 0 Å². The number of rotatable bonds is 5. The van der Waals surface area contributed by atoms with Crippen molar-refractivity contribution in [1.29, 1.82) is 0 Å². The molecule has 2 aromatic carbocycles. The third-order valence-corrected chi connectivity index (χ3v) is 3.70. The van der Waals surface area contributed by atoms with Crippen LogP contribution in [-0.2, 0) is 11.3 Å². The molecule has 1 aromatic heterocycles. The van der Waals surface area contributed by atoms with E-state index in [0.717, 1.165) is 10.8 Å². The van der Waals surface area contributed by atoms with Gasteiger partial charge < -0.3 is 11.1 Å². The van der Waals surface area contributed by atoms with Crippen LogP contribution in [0.25, 0.3) is 11.4 Å². The van der Waals surface area contributed by atoms with Gasteiger partial charge in [0.15, 0.2) is 0 Å². The summed E-state index contributed by atoms with van der Waals surface area (Å²) < 4.78 is 1.15. The molecule has 2 amide bonds. The Morgan fingerprint density at radius 2 is 1.62 bits per heavy atom. The van der Waals surface area contributed by atoms with E-state index in [1.165, 1.54) is 0 Å². The van der Waals surface area contributed by atoms with Crippen LogP contribution >= 0.6 is 0 Å². The summed E-state index contributed by atoms with van der Waals surface area (Å²) in [6, 6.07) is 17.8. The molecule has 0 saturated heterocycles. The molecule has 1 heterocycles. The summed E-state index contributed by atoms with van der Waals surface area (Å²) in [6.07, 6.45) is 1.14. The maximum atomic E-state index is 12.6. The highest BCUT2D eigenvalue weighted by atomic mass is 16.2. The van der Waals surface area contributed by atoms with Gasteiger partial charge in [-0.2, -0.15) is 0 Å². The number of hydrogen-bond acceptors (Lipinski definition) is 4. The average Bonchev–Trinajstić information content (AvgIpc) is 2.64. The molecule has 130 valence electrons. The van der Waals surface area contributed by atoms with Gasteiger partial charge in [0.2, 0.25) is 5.91 Å². The Morgan fingerprint density at radius 1 is 1.00 bits per heavy atom. The summed E-state index contributed by atoms with van der Waals surface area (Å²) >= 11 is 0. The predicted octanol–water partition coefficient (Wildman–Crippen LogP) is 1.65. The van der Waals surface area contributed by atoms with Gasteiger partial charge in [0.1, 0.15) is 17.9 Å². The lowest BCUT2D eigenvalue weighted by Gasteiger charge is -2.13. The van der Waals surface area contributed by atoms with Crippen molar-refractivity contribution in [3.05, 3.63) is 82.8 Å². The summed E-state index contributed by atoms with van der Waals surface area (Å²) in [4.78, 5) is 40.7. The van der Waals surface area contributed by atoms with Gasteiger partial charge in [-0.25, -0.2) is 4.98 Å². The third-order valence-electron chi connectivity index (χ3n) is 3.70. The van der Waals surface area contributed by atoms with Crippen LogP contribution in [0.2, 0.25) is 0 Å². The van der Waals surface area contributed by atoms with E-state index in [1.807, 2.05) is 12.1 Å². The highest BCUT2D eigenvalue weighted by Gasteiger charge is 2.17. The quantitative estimate of drug-likeness (QED) is 0.731. The van der Waals surface area contributed by atoms with Crippen LogP contribution in [-0.4, -0.2) is 21.4 Å². The molecule has 0 fully saturated rings. The maximum absolute atomic E-state index is 12.6. The Labute approximate surface area is 149 Å². The van der Waals surface area contributed by atoms with Gasteiger partial charge in [-0.15, -0.1) is 0 Å². The van der Waals surface area contributed by atoms with Crippen molar-refractivity contribution >= 4 is 17.5 Å². The highest BCUT2D eigenvalue weighted by Crippen LogP contribution is 2.15. The zero-order valence-corrected chi connectivity index (χ0v) is 13.8. The predicted molar refractivity (Wildman–Crippen MR) is 97.5 cm³/mol. The van der Waals surface area contributed by atoms with Crippen LogP contribution < -0.4 is 16.6 Å². The monoisotopic (exact) mass is 348 g/mol. The fourth-order valence-electron chi connectivity index (χ4n) is 2.49. The molecule has 0 saturated carbocycles. The normalized spacial score (nSPS) is 10.3. The summed E-state index contributed by atoms with van der Waals surface area (Å²) in [5.41, 5.74) is 5.56. The van der Waals surface area contributed by atoms with E-state index in [4.69, 9.17) is 5.73 Å². The molecule has 7 nitrogen and oxygen atoms in total. The summed E-state index contributed by atoms with van der Waals surface area (Å²) in [5.74, 6) is -1.03. The molecule has 3 aromatic rings. The number of aromatic nitrogens is 2. The van der Waals surface area contributed by atoms with Crippen LogP contribution in [0.5, 0.6) is 0 Å². The van der Waals surface area contributed by atoms with Gasteiger partial charge in [0, 0.05) is 17.4 Å². The van der Waals surface area contributed by atoms with Gasteiger partial charge in [-0.3, -0.25) is 19.0 Å². The Balaban J connectivity index is 2.00. The van der Waals surface area contributed by atoms with Gasteiger partial charge >= 0.3 is 0 Å². The molecule has 26 heavy (non-hydrogen) atoms. The van der Waals surface area contributed by atoms with Crippen molar-refractivity contribution < 1.29 is 9.59 Å². The minimum absolute atomic E-state index is 0.266. The van der Waals surface area contributed by atoms with E-state index < -0.39 is 17.4 Å². The highest BCUT2D eigenvalue weighted by molar-refractivity contribution is 5.93. The molecule has 0 unspecified atom stereocenters. The Morgan fingerprint density at radius 3 is 2.23 bits per heavy atom. The first-order valence-electron chi connectivity index (χ1n) is 7.86. The zero-order valence-electron chi connectivity index (χ0n) is 13.8. The van der Waals surface area contributed by atoms with Crippen LogP contribution in [0.4, 0.5) is 5.69 Å². The van der Waals surface area contributed by atoms with Crippen LogP contribution in [0.1, 0.15) is 10.4 Å². The second-order valence-electron chi connectivity index (χ2n) is 5.53. The first-order valence-corrected chi connectivity index (χ1v) is 7.86. The number of nitrogens with zero attached hydrogens (tertiary/aromatic N) is 2. The van der Waals surface area contributed by atoms with Crippen LogP contribution in [0.15, 0.2) is 71.7 Å². The van der Waals surface area contributed by atoms with E-state index in [2.05, 4.69) is 10.3 Å². The van der Waals surface area contributed by atoms with E-state index in [-0.39, 0.29) is 17.9 Å². The summed E-state index contributed by atoms with van der Waals surface area (Å²) in [7, 11) is 0. The van der Waals surface area contributed by atoms with Gasteiger partial charge in [0.25, 0.3) is 11.5 Å². The number of hydrogen-bond donors (Lipinski definition) is 2. The number of carbonyl (C=O) groups excluding carboxylic acids is 2. The Hall–Kier alpha value is -3.74. The van der Waals surface area contributed by atoms with Crippen molar-refractivity contribution in [3.8, 4) is 11.4 Å². The number of carbonyl (C=O) groups is 2. The van der Waals surface area contributed by atoms with Gasteiger partial charge in [-0.1, -0.05) is 48.5 Å². The van der Waals surface area contributed by atoms with E-state index in [0.29, 0.717) is 11.3 Å². The first kappa shape index (κ1) is 17.1. The summed E-state index contributed by atoms with van der Waals surface area (Å²) in [5, 5.41) is 2.70. The van der Waals surface area contributed by atoms with Crippen molar-refractivity contribution in [2.45, 2.75) is 6.54 Å². The molecule has 3 rings (SSSR count). The molecule has 0 atom stereocenters. The van der Waals surface area contributed by atoms with E-state index >= 15 is 0 Å². The number of amides is 2. The van der Waals surface area contributed by atoms with Crippen LogP contribution in [0, 0.1) is 0 Å². The SMILES string of the molecule is NC(=O)c1cnc(-c2ccccc2)n(CC(=O)Nc2ccccc2)c1=O. The average molecular weight is 348 g/mol. The number of primary amides is 1. The maximum Gasteiger partial charge on any atom is 0.267 e. The van der Waals surface area contributed by atoms with E-state index in [1.54, 1.807) is 48.5 Å². The van der Waals surface area contributed by atoms with E-state index in [9.17, 15) is 14.4 Å². The number of para-hydroxylation sites is 1. The largest absolute Gasteiger partial charge is 0.365 e. The topological polar surface area (TPSA) is 107 Å². The first-order chi connectivity index (χ1) is 12.6.